The predicted molar refractivity (Wildman–Crippen MR) is 120 cm³/mol. The monoisotopic (exact) mass is 432 g/mol. The number of benzene rings is 1. The van der Waals surface area contributed by atoms with Crippen LogP contribution in [0.25, 0.3) is 10.9 Å². The van der Waals surface area contributed by atoms with E-state index in [-0.39, 0.29) is 24.3 Å². The summed E-state index contributed by atoms with van der Waals surface area (Å²) in [6.45, 7) is 3.11. The minimum Gasteiger partial charge on any atom is -0.384 e. The predicted octanol–water partition coefficient (Wildman–Crippen LogP) is 1.75. The molecular formula is C23H24N6O3. The highest BCUT2D eigenvalue weighted by molar-refractivity contribution is 5.99. The number of nitrogens with one attached hydrogen (secondary N) is 2. The molecule has 1 unspecified atom stereocenters. The van der Waals surface area contributed by atoms with Crippen molar-refractivity contribution >= 4 is 28.4 Å². The Morgan fingerprint density at radius 1 is 1.28 bits per heavy atom. The van der Waals surface area contributed by atoms with Gasteiger partial charge in [0.15, 0.2) is 0 Å². The van der Waals surface area contributed by atoms with Crippen LogP contribution in [0.5, 0.6) is 0 Å². The van der Waals surface area contributed by atoms with Gasteiger partial charge in [-0.1, -0.05) is 12.0 Å². The Bertz CT molecular complexity index is 1280. The van der Waals surface area contributed by atoms with E-state index in [9.17, 15) is 14.4 Å². The van der Waals surface area contributed by atoms with Gasteiger partial charge in [-0.25, -0.2) is 4.98 Å². The minimum absolute atomic E-state index is 0.194. The van der Waals surface area contributed by atoms with Crippen molar-refractivity contribution in [3.05, 3.63) is 52.3 Å². The number of rotatable bonds is 7. The van der Waals surface area contributed by atoms with E-state index in [1.165, 1.54) is 4.57 Å². The molecule has 4 rings (SSSR count). The molecule has 0 spiro atoms. The summed E-state index contributed by atoms with van der Waals surface area (Å²) in [5.74, 6) is 2.21. The molecule has 0 bridgehead atoms. The standard InChI is InChI=1S/C23H24N6O3/c1-3-16-13-25-28(14-16)12-5-4-11-24-17-7-6-8-18-21(17)23(32)29(15(2)26-18)19-9-10-20(30)27-22(19)31/h1,6-8,13-14,19,24H,4-5,9-12H2,2H3,(H,27,30,31). The third-order valence-corrected chi connectivity index (χ3v) is 5.56. The Morgan fingerprint density at radius 3 is 2.88 bits per heavy atom. The first-order chi connectivity index (χ1) is 15.5. The van der Waals surface area contributed by atoms with Gasteiger partial charge >= 0.3 is 0 Å². The minimum atomic E-state index is -0.743. The summed E-state index contributed by atoms with van der Waals surface area (Å²) >= 11 is 0. The van der Waals surface area contributed by atoms with Crippen LogP contribution in [-0.4, -0.2) is 37.7 Å². The van der Waals surface area contributed by atoms with Crippen molar-refractivity contribution in [2.24, 2.45) is 0 Å². The summed E-state index contributed by atoms with van der Waals surface area (Å²) in [5, 5.41) is 10.3. The zero-order valence-electron chi connectivity index (χ0n) is 17.8. The second kappa shape index (κ2) is 9.06. The lowest BCUT2D eigenvalue weighted by Gasteiger charge is -2.24. The van der Waals surface area contributed by atoms with E-state index < -0.39 is 11.9 Å². The Balaban J connectivity index is 1.51. The second-order valence-corrected chi connectivity index (χ2v) is 7.77. The van der Waals surface area contributed by atoms with E-state index in [4.69, 9.17) is 6.42 Å². The highest BCUT2D eigenvalue weighted by Gasteiger charge is 2.30. The number of carbonyl (C=O) groups excluding carboxylic acids is 2. The molecular weight excluding hydrogens is 408 g/mol. The zero-order chi connectivity index (χ0) is 22.7. The molecule has 2 aromatic heterocycles. The number of imide groups is 1. The fourth-order valence-corrected chi connectivity index (χ4v) is 3.98. The molecule has 0 aliphatic carbocycles. The molecule has 1 saturated heterocycles. The van der Waals surface area contributed by atoms with Crippen LogP contribution in [0.3, 0.4) is 0 Å². The van der Waals surface area contributed by atoms with Crippen molar-refractivity contribution in [1.29, 1.82) is 0 Å². The summed E-state index contributed by atoms with van der Waals surface area (Å²) in [7, 11) is 0. The molecule has 9 nitrogen and oxygen atoms in total. The molecule has 2 N–H and O–H groups in total. The Hall–Kier alpha value is -3.93. The number of aryl methyl sites for hydroxylation is 2. The number of amides is 2. The van der Waals surface area contributed by atoms with Gasteiger partial charge in [0.2, 0.25) is 11.8 Å². The number of hydrogen-bond acceptors (Lipinski definition) is 6. The Morgan fingerprint density at radius 2 is 2.12 bits per heavy atom. The smallest absolute Gasteiger partial charge is 0.264 e. The van der Waals surface area contributed by atoms with Crippen LogP contribution in [-0.2, 0) is 16.1 Å². The normalized spacial score (nSPS) is 16.1. The maximum atomic E-state index is 13.4. The highest BCUT2D eigenvalue weighted by Crippen LogP contribution is 2.23. The lowest BCUT2D eigenvalue weighted by Crippen LogP contribution is -2.45. The fraction of sp³-hybridized carbons (Fsp3) is 0.348. The zero-order valence-corrected chi connectivity index (χ0v) is 17.8. The van der Waals surface area contributed by atoms with Crippen LogP contribution < -0.4 is 16.2 Å². The van der Waals surface area contributed by atoms with Crippen LogP contribution in [0.4, 0.5) is 5.69 Å². The first kappa shape index (κ1) is 21.3. The van der Waals surface area contributed by atoms with Gasteiger partial charge in [-0.15, -0.1) is 6.42 Å². The quantitative estimate of drug-likeness (QED) is 0.334. The average Bonchev–Trinajstić information content (AvgIpc) is 3.23. The SMILES string of the molecule is C#Cc1cnn(CCCCNc2cccc3nc(C)n(C4CCC(=O)NC4=O)c(=O)c23)c1. The Kier molecular flexibility index (Phi) is 6.03. The average molecular weight is 432 g/mol. The number of piperidine rings is 1. The molecule has 1 aliphatic heterocycles. The van der Waals surface area contributed by atoms with Crippen molar-refractivity contribution in [2.75, 3.05) is 11.9 Å². The number of terminal acetylenes is 1. The van der Waals surface area contributed by atoms with Crippen molar-refractivity contribution in [3.63, 3.8) is 0 Å². The van der Waals surface area contributed by atoms with Gasteiger partial charge in [-0.3, -0.25) is 28.9 Å². The molecule has 0 radical (unpaired) electrons. The molecule has 164 valence electrons. The molecule has 0 saturated carbocycles. The topological polar surface area (TPSA) is 111 Å². The van der Waals surface area contributed by atoms with E-state index in [0.717, 1.165) is 24.9 Å². The summed E-state index contributed by atoms with van der Waals surface area (Å²) in [6.07, 6.45) is 11.1. The van der Waals surface area contributed by atoms with Gasteiger partial charge in [0.25, 0.3) is 5.56 Å². The third-order valence-electron chi connectivity index (χ3n) is 5.56. The van der Waals surface area contributed by atoms with Gasteiger partial charge in [-0.2, -0.15) is 5.10 Å². The second-order valence-electron chi connectivity index (χ2n) is 7.77. The van der Waals surface area contributed by atoms with Crippen molar-refractivity contribution < 1.29 is 9.59 Å². The molecule has 2 amide bonds. The first-order valence-corrected chi connectivity index (χ1v) is 10.6. The number of anilines is 1. The number of unbranched alkanes of at least 4 members (excludes halogenated alkanes) is 1. The van der Waals surface area contributed by atoms with Gasteiger partial charge in [0.05, 0.1) is 22.7 Å². The molecule has 3 aromatic rings. The van der Waals surface area contributed by atoms with Crippen LogP contribution in [0.2, 0.25) is 0 Å². The van der Waals surface area contributed by atoms with Crippen LogP contribution in [0.15, 0.2) is 35.4 Å². The number of aromatic nitrogens is 4. The largest absolute Gasteiger partial charge is 0.384 e. The first-order valence-electron chi connectivity index (χ1n) is 10.6. The summed E-state index contributed by atoms with van der Waals surface area (Å²) in [4.78, 5) is 41.8. The van der Waals surface area contributed by atoms with E-state index in [1.54, 1.807) is 19.2 Å². The van der Waals surface area contributed by atoms with Crippen LogP contribution >= 0.6 is 0 Å². The molecule has 1 aliphatic rings. The Labute approximate surface area is 184 Å². The van der Waals surface area contributed by atoms with E-state index in [2.05, 4.69) is 26.6 Å². The molecule has 32 heavy (non-hydrogen) atoms. The van der Waals surface area contributed by atoms with Gasteiger partial charge in [0.1, 0.15) is 11.9 Å². The van der Waals surface area contributed by atoms with Crippen LogP contribution in [0.1, 0.15) is 43.1 Å². The third kappa shape index (κ3) is 4.25. The maximum absolute atomic E-state index is 13.4. The number of nitrogens with zero attached hydrogens (tertiary/aromatic N) is 4. The van der Waals surface area contributed by atoms with Gasteiger partial charge in [-0.05, 0) is 38.3 Å². The van der Waals surface area contributed by atoms with Crippen LogP contribution in [0, 0.1) is 19.3 Å². The summed E-state index contributed by atoms with van der Waals surface area (Å²) < 4.78 is 3.22. The molecule has 1 aromatic carbocycles. The lowest BCUT2D eigenvalue weighted by molar-refractivity contribution is -0.135. The van der Waals surface area contributed by atoms with E-state index in [0.29, 0.717) is 29.0 Å². The van der Waals surface area contributed by atoms with Gasteiger partial charge < -0.3 is 5.32 Å². The molecule has 3 heterocycles. The summed E-state index contributed by atoms with van der Waals surface area (Å²) in [6, 6.07) is 4.72. The highest BCUT2D eigenvalue weighted by atomic mass is 16.2. The van der Waals surface area contributed by atoms with Gasteiger partial charge in [0, 0.05) is 31.4 Å². The van der Waals surface area contributed by atoms with Crippen molar-refractivity contribution in [2.45, 2.75) is 45.2 Å². The van der Waals surface area contributed by atoms with E-state index in [1.807, 2.05) is 23.0 Å². The maximum Gasteiger partial charge on any atom is 0.264 e. The lowest BCUT2D eigenvalue weighted by atomic mass is 10.1. The van der Waals surface area contributed by atoms with Crippen molar-refractivity contribution in [1.82, 2.24) is 24.6 Å². The van der Waals surface area contributed by atoms with E-state index >= 15 is 0 Å². The van der Waals surface area contributed by atoms with Crippen molar-refractivity contribution in [3.8, 4) is 12.3 Å². The fourth-order valence-electron chi connectivity index (χ4n) is 3.98. The molecule has 1 atom stereocenters. The number of hydrogen-bond donors (Lipinski definition) is 2. The summed E-state index contributed by atoms with van der Waals surface area (Å²) in [5.41, 5.74) is 1.71. The number of carbonyl (C=O) groups is 2. The molecule has 9 heteroatoms. The number of fused-ring (bicyclic) bond motifs is 1. The molecule has 1 fully saturated rings.